The monoisotopic (exact) mass is 276 g/mol. The fourth-order valence-electron chi connectivity index (χ4n) is 2.25. The highest BCUT2D eigenvalue weighted by Crippen LogP contribution is 2.11. The minimum Gasteiger partial charge on any atom is -0.465 e. The van der Waals surface area contributed by atoms with Crippen LogP contribution in [0.25, 0.3) is 5.65 Å². The summed E-state index contributed by atoms with van der Waals surface area (Å²) in [5, 5.41) is 8.30. The highest BCUT2D eigenvalue weighted by Gasteiger charge is 2.15. The Kier molecular flexibility index (Phi) is 3.62. The predicted molar refractivity (Wildman–Crippen MR) is 70.4 cm³/mol. The molecule has 1 aliphatic rings. The smallest absolute Gasteiger partial charge is 0.338 e. The third kappa shape index (κ3) is 2.50. The molecular formula is C13H16N4O3. The summed E-state index contributed by atoms with van der Waals surface area (Å²) in [7, 11) is 1.36. The SMILES string of the molecule is COC(=O)c1ccn2c(CN3CCOCC3)nnc2c1. The van der Waals surface area contributed by atoms with Crippen LogP contribution in [0, 0.1) is 0 Å². The Balaban J connectivity index is 1.84. The first-order chi connectivity index (χ1) is 9.78. The van der Waals surface area contributed by atoms with Gasteiger partial charge in [0, 0.05) is 19.3 Å². The van der Waals surface area contributed by atoms with E-state index in [0.717, 1.165) is 38.7 Å². The van der Waals surface area contributed by atoms with Gasteiger partial charge in [-0.05, 0) is 12.1 Å². The van der Waals surface area contributed by atoms with Gasteiger partial charge in [-0.15, -0.1) is 10.2 Å². The molecule has 2 aromatic heterocycles. The Labute approximate surface area is 116 Å². The lowest BCUT2D eigenvalue weighted by molar-refractivity contribution is 0.0329. The number of ether oxygens (including phenoxy) is 2. The third-order valence-corrected chi connectivity index (χ3v) is 3.37. The van der Waals surface area contributed by atoms with Crippen LogP contribution in [0.15, 0.2) is 18.3 Å². The fourth-order valence-corrected chi connectivity index (χ4v) is 2.25. The molecule has 0 aliphatic carbocycles. The zero-order valence-corrected chi connectivity index (χ0v) is 11.3. The van der Waals surface area contributed by atoms with E-state index in [1.165, 1.54) is 7.11 Å². The van der Waals surface area contributed by atoms with Crippen molar-refractivity contribution >= 4 is 11.6 Å². The van der Waals surface area contributed by atoms with Crippen molar-refractivity contribution in [3.63, 3.8) is 0 Å². The van der Waals surface area contributed by atoms with Crippen molar-refractivity contribution in [1.29, 1.82) is 0 Å². The van der Waals surface area contributed by atoms with Crippen LogP contribution in [0.2, 0.25) is 0 Å². The van der Waals surface area contributed by atoms with Gasteiger partial charge in [-0.1, -0.05) is 0 Å². The summed E-state index contributed by atoms with van der Waals surface area (Å²) in [4.78, 5) is 13.8. The van der Waals surface area contributed by atoms with E-state index in [4.69, 9.17) is 9.47 Å². The van der Waals surface area contributed by atoms with Gasteiger partial charge in [0.2, 0.25) is 0 Å². The molecule has 0 bridgehead atoms. The lowest BCUT2D eigenvalue weighted by Crippen LogP contribution is -2.36. The van der Waals surface area contributed by atoms with Gasteiger partial charge >= 0.3 is 5.97 Å². The summed E-state index contributed by atoms with van der Waals surface area (Å²) in [5.41, 5.74) is 1.13. The largest absolute Gasteiger partial charge is 0.465 e. The number of fused-ring (bicyclic) bond motifs is 1. The molecule has 7 nitrogen and oxygen atoms in total. The molecular weight excluding hydrogens is 260 g/mol. The number of nitrogens with zero attached hydrogens (tertiary/aromatic N) is 4. The number of esters is 1. The van der Waals surface area contributed by atoms with Crippen molar-refractivity contribution in [2.24, 2.45) is 0 Å². The van der Waals surface area contributed by atoms with Gasteiger partial charge in [0.25, 0.3) is 0 Å². The van der Waals surface area contributed by atoms with E-state index < -0.39 is 0 Å². The molecule has 1 fully saturated rings. The first-order valence-corrected chi connectivity index (χ1v) is 6.50. The molecule has 0 spiro atoms. The maximum Gasteiger partial charge on any atom is 0.338 e. The van der Waals surface area contributed by atoms with E-state index >= 15 is 0 Å². The molecule has 106 valence electrons. The van der Waals surface area contributed by atoms with E-state index in [9.17, 15) is 4.79 Å². The summed E-state index contributed by atoms with van der Waals surface area (Å²) in [6, 6.07) is 3.40. The van der Waals surface area contributed by atoms with Crippen molar-refractivity contribution < 1.29 is 14.3 Å². The fraction of sp³-hybridized carbons (Fsp3) is 0.462. The zero-order valence-electron chi connectivity index (χ0n) is 11.3. The van der Waals surface area contributed by atoms with Gasteiger partial charge in [0.1, 0.15) is 0 Å². The average molecular weight is 276 g/mol. The van der Waals surface area contributed by atoms with Gasteiger partial charge < -0.3 is 9.47 Å². The van der Waals surface area contributed by atoms with E-state index in [2.05, 4.69) is 15.1 Å². The minimum atomic E-state index is -0.370. The summed E-state index contributed by atoms with van der Waals surface area (Å²) in [5.74, 6) is 0.489. The van der Waals surface area contributed by atoms with Crippen molar-refractivity contribution in [1.82, 2.24) is 19.5 Å². The van der Waals surface area contributed by atoms with Gasteiger partial charge in [-0.3, -0.25) is 9.30 Å². The van der Waals surface area contributed by atoms with Gasteiger partial charge in [-0.25, -0.2) is 4.79 Å². The zero-order chi connectivity index (χ0) is 13.9. The molecule has 7 heteroatoms. The Morgan fingerprint density at radius 2 is 2.20 bits per heavy atom. The van der Waals surface area contributed by atoms with E-state index in [1.54, 1.807) is 18.3 Å². The van der Waals surface area contributed by atoms with Crippen LogP contribution >= 0.6 is 0 Å². The second-order valence-electron chi connectivity index (χ2n) is 4.64. The highest BCUT2D eigenvalue weighted by molar-refractivity contribution is 5.90. The summed E-state index contributed by atoms with van der Waals surface area (Å²) in [6.07, 6.45) is 1.80. The molecule has 0 atom stereocenters. The van der Waals surface area contributed by atoms with Crippen LogP contribution in [0.1, 0.15) is 16.2 Å². The number of pyridine rings is 1. The van der Waals surface area contributed by atoms with Crippen LogP contribution < -0.4 is 0 Å². The number of morpholine rings is 1. The molecule has 0 amide bonds. The standard InChI is InChI=1S/C13H16N4O3/c1-19-13(18)10-2-3-17-11(8-10)14-15-12(17)9-16-4-6-20-7-5-16/h2-3,8H,4-7,9H2,1H3. The number of carbonyl (C=O) groups excluding carboxylic acids is 1. The molecule has 0 radical (unpaired) electrons. The van der Waals surface area contributed by atoms with Crippen molar-refractivity contribution in [3.05, 3.63) is 29.7 Å². The van der Waals surface area contributed by atoms with Gasteiger partial charge in [-0.2, -0.15) is 0 Å². The molecule has 1 aliphatic heterocycles. The third-order valence-electron chi connectivity index (χ3n) is 3.37. The second kappa shape index (κ2) is 5.56. The molecule has 3 heterocycles. The van der Waals surface area contributed by atoms with Crippen LogP contribution in [-0.2, 0) is 16.0 Å². The predicted octanol–water partition coefficient (Wildman–Crippen LogP) is 0.348. The minimum absolute atomic E-state index is 0.370. The van der Waals surface area contributed by atoms with Gasteiger partial charge in [0.15, 0.2) is 11.5 Å². The molecule has 0 N–H and O–H groups in total. The summed E-state index contributed by atoms with van der Waals surface area (Å²) >= 11 is 0. The molecule has 0 saturated carbocycles. The van der Waals surface area contributed by atoms with Crippen molar-refractivity contribution in [2.45, 2.75) is 6.54 Å². The first kappa shape index (κ1) is 13.0. The lowest BCUT2D eigenvalue weighted by atomic mass is 10.2. The summed E-state index contributed by atoms with van der Waals surface area (Å²) < 4.78 is 11.9. The van der Waals surface area contributed by atoms with Crippen LogP contribution in [0.3, 0.4) is 0 Å². The Bertz CT molecular complexity index is 619. The van der Waals surface area contributed by atoms with Crippen LogP contribution in [0.4, 0.5) is 0 Å². The van der Waals surface area contributed by atoms with E-state index in [1.807, 2.05) is 4.40 Å². The Morgan fingerprint density at radius 3 is 2.95 bits per heavy atom. The number of methoxy groups -OCH3 is 1. The van der Waals surface area contributed by atoms with Crippen LogP contribution in [-0.4, -0.2) is 58.9 Å². The number of hydrogen-bond donors (Lipinski definition) is 0. The molecule has 20 heavy (non-hydrogen) atoms. The van der Waals surface area contributed by atoms with Crippen molar-refractivity contribution in [2.75, 3.05) is 33.4 Å². The summed E-state index contributed by atoms with van der Waals surface area (Å²) in [6.45, 7) is 4.03. The normalized spacial score (nSPS) is 16.4. The highest BCUT2D eigenvalue weighted by atomic mass is 16.5. The van der Waals surface area contributed by atoms with Crippen LogP contribution in [0.5, 0.6) is 0 Å². The Hall–Kier alpha value is -1.99. The van der Waals surface area contributed by atoms with E-state index in [0.29, 0.717) is 11.2 Å². The molecule has 0 unspecified atom stereocenters. The number of hydrogen-bond acceptors (Lipinski definition) is 6. The number of carbonyl (C=O) groups is 1. The van der Waals surface area contributed by atoms with Crippen molar-refractivity contribution in [3.8, 4) is 0 Å². The number of rotatable bonds is 3. The molecule has 2 aromatic rings. The second-order valence-corrected chi connectivity index (χ2v) is 4.64. The Morgan fingerprint density at radius 1 is 1.40 bits per heavy atom. The lowest BCUT2D eigenvalue weighted by Gasteiger charge is -2.25. The average Bonchev–Trinajstić information content (AvgIpc) is 2.90. The quantitative estimate of drug-likeness (QED) is 0.753. The van der Waals surface area contributed by atoms with E-state index in [-0.39, 0.29) is 5.97 Å². The molecule has 3 rings (SSSR count). The molecule has 1 saturated heterocycles. The van der Waals surface area contributed by atoms with Gasteiger partial charge in [0.05, 0.1) is 32.4 Å². The first-order valence-electron chi connectivity index (χ1n) is 6.50. The maximum absolute atomic E-state index is 11.5. The number of aromatic nitrogens is 3. The molecule has 0 aromatic carbocycles. The topological polar surface area (TPSA) is 69.0 Å². The maximum atomic E-state index is 11.5.